The van der Waals surface area contributed by atoms with Crippen LogP contribution in [0.15, 0.2) is 10.3 Å². The lowest BCUT2D eigenvalue weighted by molar-refractivity contribution is 1.08. The molecule has 14 heavy (non-hydrogen) atoms. The molecule has 0 bridgehead atoms. The number of hydrogen-bond acceptors (Lipinski definition) is 8. The first-order chi connectivity index (χ1) is 6.74. The molecule has 0 fully saturated rings. The quantitative estimate of drug-likeness (QED) is 0.809. The van der Waals surface area contributed by atoms with Crippen LogP contribution in [0.3, 0.4) is 0 Å². The molecule has 2 aromatic heterocycles. The summed E-state index contributed by atoms with van der Waals surface area (Å²) in [6.07, 6.45) is 0. The highest BCUT2D eigenvalue weighted by atomic mass is 35.5. The van der Waals surface area contributed by atoms with Crippen molar-refractivity contribution < 1.29 is 0 Å². The minimum absolute atomic E-state index is 0.428. The summed E-state index contributed by atoms with van der Waals surface area (Å²) in [4.78, 5) is 7.92. The maximum absolute atomic E-state index is 5.62. The second kappa shape index (κ2) is 4.95. The van der Waals surface area contributed by atoms with E-state index >= 15 is 0 Å². The van der Waals surface area contributed by atoms with E-state index in [2.05, 4.69) is 18.7 Å². The molecule has 0 spiro atoms. The van der Waals surface area contributed by atoms with E-state index in [1.54, 1.807) is 0 Å². The van der Waals surface area contributed by atoms with Gasteiger partial charge in [0, 0.05) is 0 Å². The Morgan fingerprint density at radius 2 is 1.29 bits per heavy atom. The summed E-state index contributed by atoms with van der Waals surface area (Å²) < 4.78 is 8.84. The molecular weight excluding hydrogens is 303 g/mol. The molecule has 2 rings (SSSR count). The van der Waals surface area contributed by atoms with Gasteiger partial charge in [0.15, 0.2) is 0 Å². The molecule has 0 aromatic carbocycles. The van der Waals surface area contributed by atoms with Crippen molar-refractivity contribution in [1.82, 2.24) is 18.7 Å². The first kappa shape index (κ1) is 10.9. The molecule has 0 N–H and O–H groups in total. The van der Waals surface area contributed by atoms with E-state index in [9.17, 15) is 0 Å². The highest BCUT2D eigenvalue weighted by Crippen LogP contribution is 2.36. The number of halogens is 2. The molecule has 74 valence electrons. The molecule has 10 heteroatoms. The van der Waals surface area contributed by atoms with Gasteiger partial charge in [0.25, 0.3) is 0 Å². The second-order valence-electron chi connectivity index (χ2n) is 1.83. The Hall–Kier alpha value is 0.400. The SMILES string of the molecule is Clc1nc(SSc2nsc(Cl)n2)ns1. The molecule has 0 unspecified atom stereocenters. The Morgan fingerprint density at radius 3 is 1.57 bits per heavy atom. The summed E-state index contributed by atoms with van der Waals surface area (Å²) in [7, 11) is 2.70. The predicted molar refractivity (Wildman–Crippen MR) is 61.6 cm³/mol. The number of nitrogens with zero attached hydrogens (tertiary/aromatic N) is 4. The smallest absolute Gasteiger partial charge is 0.197 e. The average Bonchev–Trinajstić information content (AvgIpc) is 2.72. The van der Waals surface area contributed by atoms with E-state index < -0.39 is 0 Å². The third-order valence-corrected chi connectivity index (χ3v) is 4.67. The van der Waals surface area contributed by atoms with Crippen LogP contribution in [0, 0.1) is 0 Å². The molecule has 0 aliphatic carbocycles. The predicted octanol–water partition coefficient (Wildman–Crippen LogP) is 3.50. The zero-order chi connectivity index (χ0) is 9.97. The summed E-state index contributed by atoms with van der Waals surface area (Å²) >= 11 is 13.5. The van der Waals surface area contributed by atoms with Crippen LogP contribution < -0.4 is 0 Å². The van der Waals surface area contributed by atoms with Gasteiger partial charge in [-0.2, -0.15) is 18.7 Å². The topological polar surface area (TPSA) is 51.6 Å². The number of rotatable bonds is 3. The summed E-state index contributed by atoms with van der Waals surface area (Å²) in [5.41, 5.74) is 0. The summed E-state index contributed by atoms with van der Waals surface area (Å²) in [5, 5.41) is 1.21. The molecule has 0 atom stereocenters. The molecule has 0 radical (unpaired) electrons. The fourth-order valence-corrected chi connectivity index (χ4v) is 3.85. The maximum atomic E-state index is 5.62. The molecule has 0 aliphatic heterocycles. The van der Waals surface area contributed by atoms with Crippen molar-refractivity contribution in [3.63, 3.8) is 0 Å². The van der Waals surface area contributed by atoms with E-state index in [4.69, 9.17) is 23.2 Å². The van der Waals surface area contributed by atoms with Gasteiger partial charge >= 0.3 is 0 Å². The Bertz CT molecular complexity index is 388. The van der Waals surface area contributed by atoms with Gasteiger partial charge in [0.2, 0.25) is 19.2 Å². The van der Waals surface area contributed by atoms with Crippen LogP contribution in [0.5, 0.6) is 0 Å². The number of hydrogen-bond donors (Lipinski definition) is 0. The van der Waals surface area contributed by atoms with Gasteiger partial charge in [0.05, 0.1) is 0 Å². The van der Waals surface area contributed by atoms with Crippen LogP contribution in [0.4, 0.5) is 0 Å². The Labute approximate surface area is 105 Å². The lowest BCUT2D eigenvalue weighted by atomic mass is 11.3. The zero-order valence-corrected chi connectivity index (χ0v) is 11.0. The van der Waals surface area contributed by atoms with E-state index in [0.717, 1.165) is 23.1 Å². The first-order valence-corrected chi connectivity index (χ1v) is 7.52. The molecule has 2 aromatic rings. The minimum Gasteiger partial charge on any atom is -0.197 e. The minimum atomic E-state index is 0.428. The van der Waals surface area contributed by atoms with Gasteiger partial charge in [-0.1, -0.05) is 0 Å². The van der Waals surface area contributed by atoms with Gasteiger partial charge in [-0.15, -0.1) is 0 Å². The lowest BCUT2D eigenvalue weighted by Crippen LogP contribution is -1.72. The van der Waals surface area contributed by atoms with E-state index in [1.807, 2.05) is 0 Å². The van der Waals surface area contributed by atoms with Crippen molar-refractivity contribution in [3.05, 3.63) is 8.93 Å². The summed E-state index contributed by atoms with van der Waals surface area (Å²) in [6, 6.07) is 0. The number of aromatic nitrogens is 4. The van der Waals surface area contributed by atoms with Crippen LogP contribution in [-0.2, 0) is 0 Å². The Morgan fingerprint density at radius 1 is 0.857 bits per heavy atom. The molecule has 0 aliphatic rings. The van der Waals surface area contributed by atoms with Gasteiger partial charge in [-0.05, 0) is 67.9 Å². The monoisotopic (exact) mass is 302 g/mol. The van der Waals surface area contributed by atoms with Gasteiger partial charge in [-0.3, -0.25) is 0 Å². The Balaban J connectivity index is 1.94. The van der Waals surface area contributed by atoms with Crippen LogP contribution in [0.25, 0.3) is 0 Å². The Kier molecular flexibility index (Phi) is 3.86. The molecule has 0 saturated heterocycles. The van der Waals surface area contributed by atoms with Crippen LogP contribution in [-0.4, -0.2) is 18.7 Å². The normalized spacial score (nSPS) is 10.7. The maximum Gasteiger partial charge on any atom is 0.212 e. The van der Waals surface area contributed by atoms with Gasteiger partial charge in [-0.25, -0.2) is 0 Å². The van der Waals surface area contributed by atoms with Gasteiger partial charge < -0.3 is 0 Å². The third-order valence-electron chi connectivity index (χ3n) is 0.956. The summed E-state index contributed by atoms with van der Waals surface area (Å²) in [5.74, 6) is 0. The van der Waals surface area contributed by atoms with Crippen LogP contribution >= 0.6 is 67.9 Å². The van der Waals surface area contributed by atoms with Crippen molar-refractivity contribution >= 4 is 67.9 Å². The van der Waals surface area contributed by atoms with E-state index in [-0.39, 0.29) is 0 Å². The molecule has 4 nitrogen and oxygen atoms in total. The van der Waals surface area contributed by atoms with Crippen molar-refractivity contribution in [2.24, 2.45) is 0 Å². The fraction of sp³-hybridized carbons (Fsp3) is 0. The van der Waals surface area contributed by atoms with Crippen LogP contribution in [0.2, 0.25) is 8.93 Å². The highest BCUT2D eigenvalue weighted by molar-refractivity contribution is 8.76. The largest absolute Gasteiger partial charge is 0.212 e. The molecular formula is C4Cl2N4S4. The standard InChI is InChI=1S/C4Cl2N4S4/c5-1-7-3(9-11-1)13-14-4-8-2(6)12-10-4. The highest BCUT2D eigenvalue weighted by Gasteiger charge is 2.07. The summed E-state index contributed by atoms with van der Waals surface area (Å²) in [6.45, 7) is 0. The van der Waals surface area contributed by atoms with Crippen molar-refractivity contribution in [1.29, 1.82) is 0 Å². The van der Waals surface area contributed by atoms with Gasteiger partial charge in [0.1, 0.15) is 0 Å². The van der Waals surface area contributed by atoms with Crippen molar-refractivity contribution in [3.8, 4) is 0 Å². The average molecular weight is 303 g/mol. The molecule has 0 saturated carbocycles. The molecule has 0 amide bonds. The third kappa shape index (κ3) is 2.94. The fourth-order valence-electron chi connectivity index (χ4n) is 0.528. The zero-order valence-electron chi connectivity index (χ0n) is 6.18. The van der Waals surface area contributed by atoms with E-state index in [0.29, 0.717) is 19.2 Å². The van der Waals surface area contributed by atoms with Crippen molar-refractivity contribution in [2.45, 2.75) is 10.3 Å². The first-order valence-electron chi connectivity index (χ1n) is 3.07. The second-order valence-corrected chi connectivity index (χ2v) is 6.56. The lowest BCUT2D eigenvalue weighted by Gasteiger charge is -1.88. The van der Waals surface area contributed by atoms with Crippen molar-refractivity contribution in [2.75, 3.05) is 0 Å². The molecule has 2 heterocycles. The van der Waals surface area contributed by atoms with Crippen LogP contribution in [0.1, 0.15) is 0 Å². The van der Waals surface area contributed by atoms with E-state index in [1.165, 1.54) is 21.6 Å².